The van der Waals surface area contributed by atoms with Crippen molar-refractivity contribution in [3.8, 4) is 22.9 Å². The minimum Gasteiger partial charge on any atom is -0.486 e. The van der Waals surface area contributed by atoms with E-state index in [0.717, 1.165) is 5.56 Å². The van der Waals surface area contributed by atoms with Crippen molar-refractivity contribution in [1.29, 1.82) is 0 Å². The van der Waals surface area contributed by atoms with E-state index in [0.29, 0.717) is 47.0 Å². The van der Waals surface area contributed by atoms with Crippen LogP contribution in [0, 0.1) is 0 Å². The molecule has 4 rings (SSSR count). The van der Waals surface area contributed by atoms with Crippen molar-refractivity contribution < 1.29 is 18.8 Å². The molecule has 3 aromatic rings. The van der Waals surface area contributed by atoms with Gasteiger partial charge in [-0.05, 0) is 42.5 Å². The van der Waals surface area contributed by atoms with E-state index in [1.54, 1.807) is 42.5 Å². The average Bonchev–Trinajstić information content (AvgIpc) is 3.15. The molecule has 0 atom stereocenters. The van der Waals surface area contributed by atoms with E-state index in [-0.39, 0.29) is 12.5 Å². The third kappa shape index (κ3) is 3.48. The first kappa shape index (κ1) is 16.4. The molecule has 7 nitrogen and oxygen atoms in total. The van der Waals surface area contributed by atoms with Gasteiger partial charge in [-0.2, -0.15) is 4.98 Å². The van der Waals surface area contributed by atoms with Crippen LogP contribution in [-0.4, -0.2) is 29.3 Å². The number of carbonyl (C=O) groups excluding carboxylic acids is 1. The third-order valence-electron chi connectivity index (χ3n) is 3.78. The number of rotatable bonds is 4. The maximum atomic E-state index is 12.3. The summed E-state index contributed by atoms with van der Waals surface area (Å²) in [6.45, 7) is 1.09. The average molecular weight is 372 g/mol. The van der Waals surface area contributed by atoms with Crippen molar-refractivity contribution in [3.63, 3.8) is 0 Å². The number of hydrogen-bond acceptors (Lipinski definition) is 6. The van der Waals surface area contributed by atoms with Crippen molar-refractivity contribution in [3.05, 3.63) is 58.9 Å². The van der Waals surface area contributed by atoms with Crippen LogP contribution in [0.2, 0.25) is 5.02 Å². The molecule has 1 aromatic heterocycles. The van der Waals surface area contributed by atoms with Gasteiger partial charge < -0.3 is 19.3 Å². The van der Waals surface area contributed by atoms with Crippen molar-refractivity contribution in [2.45, 2.75) is 6.54 Å². The normalized spacial score (nSPS) is 12.7. The van der Waals surface area contributed by atoms with E-state index in [1.807, 2.05) is 0 Å². The summed E-state index contributed by atoms with van der Waals surface area (Å²) in [7, 11) is 0. The van der Waals surface area contributed by atoms with E-state index in [9.17, 15) is 4.79 Å². The zero-order valence-corrected chi connectivity index (χ0v) is 14.3. The molecular formula is C18H14ClN3O4. The number of benzene rings is 2. The number of amides is 1. The Hall–Kier alpha value is -3.06. The van der Waals surface area contributed by atoms with Gasteiger partial charge >= 0.3 is 0 Å². The summed E-state index contributed by atoms with van der Waals surface area (Å²) in [5, 5.41) is 7.28. The van der Waals surface area contributed by atoms with Gasteiger partial charge in [0.1, 0.15) is 13.2 Å². The number of carbonyl (C=O) groups is 1. The Labute approximate surface area is 153 Å². The highest BCUT2D eigenvalue weighted by molar-refractivity contribution is 6.30. The zero-order valence-electron chi connectivity index (χ0n) is 13.6. The molecule has 1 aliphatic rings. The van der Waals surface area contributed by atoms with Crippen LogP contribution >= 0.6 is 11.6 Å². The molecule has 0 bridgehead atoms. The van der Waals surface area contributed by atoms with E-state index in [1.165, 1.54) is 0 Å². The van der Waals surface area contributed by atoms with Crippen LogP contribution in [0.25, 0.3) is 11.4 Å². The number of halogens is 1. The molecule has 2 heterocycles. The molecule has 8 heteroatoms. The Morgan fingerprint density at radius 1 is 1.08 bits per heavy atom. The van der Waals surface area contributed by atoms with Crippen LogP contribution in [0.5, 0.6) is 11.5 Å². The van der Waals surface area contributed by atoms with Gasteiger partial charge in [-0.25, -0.2) is 0 Å². The minimum atomic E-state index is -0.270. The summed E-state index contributed by atoms with van der Waals surface area (Å²) >= 11 is 5.86. The Kier molecular flexibility index (Phi) is 4.45. The fourth-order valence-electron chi connectivity index (χ4n) is 2.49. The molecule has 1 aliphatic heterocycles. The lowest BCUT2D eigenvalue weighted by atomic mass is 10.2. The van der Waals surface area contributed by atoms with Crippen LogP contribution in [0.15, 0.2) is 47.0 Å². The molecule has 0 aliphatic carbocycles. The molecule has 132 valence electrons. The van der Waals surface area contributed by atoms with Gasteiger partial charge in [0, 0.05) is 16.1 Å². The minimum absolute atomic E-state index is 0.119. The van der Waals surface area contributed by atoms with E-state index < -0.39 is 0 Å². The maximum Gasteiger partial charge on any atom is 0.251 e. The summed E-state index contributed by atoms with van der Waals surface area (Å²) in [4.78, 5) is 16.6. The Morgan fingerprint density at radius 3 is 2.65 bits per heavy atom. The molecule has 0 unspecified atom stereocenters. The maximum absolute atomic E-state index is 12.3. The van der Waals surface area contributed by atoms with E-state index in [4.69, 9.17) is 25.6 Å². The third-order valence-corrected chi connectivity index (χ3v) is 4.03. The second kappa shape index (κ2) is 7.05. The van der Waals surface area contributed by atoms with Crippen LogP contribution < -0.4 is 14.8 Å². The van der Waals surface area contributed by atoms with Gasteiger partial charge in [0.15, 0.2) is 11.5 Å². The van der Waals surface area contributed by atoms with Gasteiger partial charge in [-0.1, -0.05) is 16.8 Å². The fraction of sp³-hybridized carbons (Fsp3) is 0.167. The van der Waals surface area contributed by atoms with Gasteiger partial charge in [-0.15, -0.1) is 0 Å². The summed E-state index contributed by atoms with van der Waals surface area (Å²) in [5.41, 5.74) is 1.24. The van der Waals surface area contributed by atoms with Gasteiger partial charge in [0.25, 0.3) is 5.91 Å². The molecule has 0 saturated heterocycles. The molecule has 1 N–H and O–H groups in total. The first-order chi connectivity index (χ1) is 12.7. The smallest absolute Gasteiger partial charge is 0.251 e. The molecular weight excluding hydrogens is 358 g/mol. The topological polar surface area (TPSA) is 86.5 Å². The summed E-state index contributed by atoms with van der Waals surface area (Å²) < 4.78 is 16.1. The SMILES string of the molecule is O=C(NCc1nc(-c2ccc(Cl)cc2)no1)c1ccc2c(c1)OCCO2. The van der Waals surface area contributed by atoms with Crippen LogP contribution in [-0.2, 0) is 6.54 Å². The van der Waals surface area contributed by atoms with E-state index in [2.05, 4.69) is 15.5 Å². The van der Waals surface area contributed by atoms with E-state index >= 15 is 0 Å². The molecule has 0 spiro atoms. The summed E-state index contributed by atoms with van der Waals surface area (Å²) in [6, 6.07) is 12.1. The predicted molar refractivity (Wildman–Crippen MR) is 93.3 cm³/mol. The van der Waals surface area contributed by atoms with Crippen LogP contribution in [0.3, 0.4) is 0 Å². The first-order valence-corrected chi connectivity index (χ1v) is 8.33. The number of nitrogens with one attached hydrogen (secondary N) is 1. The quantitative estimate of drug-likeness (QED) is 0.758. The fourth-order valence-corrected chi connectivity index (χ4v) is 2.61. The lowest BCUT2D eigenvalue weighted by molar-refractivity contribution is 0.0945. The number of fused-ring (bicyclic) bond motifs is 1. The van der Waals surface area contributed by atoms with Crippen LogP contribution in [0.1, 0.15) is 16.2 Å². The molecule has 0 saturated carbocycles. The van der Waals surface area contributed by atoms with Crippen LogP contribution in [0.4, 0.5) is 0 Å². The Balaban J connectivity index is 1.41. The molecule has 0 radical (unpaired) electrons. The Bertz CT molecular complexity index is 940. The highest BCUT2D eigenvalue weighted by Gasteiger charge is 2.16. The molecule has 1 amide bonds. The first-order valence-electron chi connectivity index (χ1n) is 7.95. The zero-order chi connectivity index (χ0) is 17.9. The summed E-state index contributed by atoms with van der Waals surface area (Å²) in [6.07, 6.45) is 0. The monoisotopic (exact) mass is 371 g/mol. The predicted octanol–water partition coefficient (Wildman–Crippen LogP) is 3.09. The highest BCUT2D eigenvalue weighted by Crippen LogP contribution is 2.30. The van der Waals surface area contributed by atoms with Crippen molar-refractivity contribution >= 4 is 17.5 Å². The van der Waals surface area contributed by atoms with Gasteiger partial charge in [0.05, 0.1) is 6.54 Å². The second-order valence-electron chi connectivity index (χ2n) is 5.56. The Morgan fingerprint density at radius 2 is 1.85 bits per heavy atom. The number of hydrogen-bond donors (Lipinski definition) is 1. The second-order valence-corrected chi connectivity index (χ2v) is 6.00. The van der Waals surface area contributed by atoms with Crippen molar-refractivity contribution in [2.75, 3.05) is 13.2 Å². The van der Waals surface area contributed by atoms with Crippen molar-refractivity contribution in [2.24, 2.45) is 0 Å². The molecule has 0 fully saturated rings. The number of ether oxygens (including phenoxy) is 2. The van der Waals surface area contributed by atoms with Gasteiger partial charge in [0.2, 0.25) is 11.7 Å². The number of nitrogens with zero attached hydrogens (tertiary/aromatic N) is 2. The summed E-state index contributed by atoms with van der Waals surface area (Å²) in [5.74, 6) is 1.67. The largest absolute Gasteiger partial charge is 0.486 e. The van der Waals surface area contributed by atoms with Gasteiger partial charge in [-0.3, -0.25) is 4.79 Å². The highest BCUT2D eigenvalue weighted by atomic mass is 35.5. The lowest BCUT2D eigenvalue weighted by Crippen LogP contribution is -2.23. The lowest BCUT2D eigenvalue weighted by Gasteiger charge is -2.18. The number of aromatic nitrogens is 2. The standard InChI is InChI=1S/C18H14ClN3O4/c19-13-4-1-11(2-5-13)17-21-16(26-22-17)10-20-18(23)12-3-6-14-15(9-12)25-8-7-24-14/h1-6,9H,7-8,10H2,(H,20,23). The molecule has 26 heavy (non-hydrogen) atoms. The van der Waals surface area contributed by atoms with Crippen molar-refractivity contribution in [1.82, 2.24) is 15.5 Å². The molecule has 2 aromatic carbocycles.